The fourth-order valence-electron chi connectivity index (χ4n) is 3.52. The summed E-state index contributed by atoms with van der Waals surface area (Å²) in [7, 11) is 0. The zero-order valence-corrected chi connectivity index (χ0v) is 15.6. The van der Waals surface area contributed by atoms with Crippen molar-refractivity contribution < 1.29 is 32.3 Å². The average Bonchev–Trinajstić information content (AvgIpc) is 3.16. The Labute approximate surface area is 165 Å². The number of hydrogen-bond acceptors (Lipinski definition) is 3. The van der Waals surface area contributed by atoms with Crippen molar-refractivity contribution in [2.75, 3.05) is 38.3 Å². The molecule has 1 saturated heterocycles. The molecule has 6 nitrogen and oxygen atoms in total. The molecule has 0 radical (unpaired) electrons. The molecule has 1 fully saturated rings. The molecule has 2 N–H and O–H groups in total. The lowest BCUT2D eigenvalue weighted by atomic mass is 10.1. The first kappa shape index (κ1) is 19.4. The van der Waals surface area contributed by atoms with Crippen molar-refractivity contribution in [1.82, 2.24) is 4.90 Å². The van der Waals surface area contributed by atoms with Gasteiger partial charge in [-0.15, -0.1) is 0 Å². The van der Waals surface area contributed by atoms with Crippen LogP contribution in [0, 0.1) is 0 Å². The second kappa shape index (κ2) is 7.82. The zero-order chi connectivity index (χ0) is 20.4. The number of fused-ring (bicyclic) bond motifs is 1. The maximum absolute atomic E-state index is 12.8. The number of benzene rings is 2. The van der Waals surface area contributed by atoms with E-state index in [2.05, 4.69) is 5.32 Å². The van der Waals surface area contributed by atoms with Gasteiger partial charge in [0.1, 0.15) is 6.54 Å². The van der Waals surface area contributed by atoms with Crippen molar-refractivity contribution in [3.05, 3.63) is 53.6 Å². The summed E-state index contributed by atoms with van der Waals surface area (Å²) in [5.74, 6) is 1.50. The molecular formula is C20H21F3N3O3+. The van der Waals surface area contributed by atoms with Gasteiger partial charge in [-0.05, 0) is 36.4 Å². The van der Waals surface area contributed by atoms with E-state index in [1.54, 1.807) is 4.90 Å². The quantitative estimate of drug-likeness (QED) is 0.820. The lowest BCUT2D eigenvalue weighted by Gasteiger charge is -2.32. The van der Waals surface area contributed by atoms with Gasteiger partial charge in [0.15, 0.2) is 11.5 Å². The number of ether oxygens (including phenoxy) is 2. The summed E-state index contributed by atoms with van der Waals surface area (Å²) >= 11 is 0. The van der Waals surface area contributed by atoms with Crippen molar-refractivity contribution in [3.63, 3.8) is 0 Å². The van der Waals surface area contributed by atoms with E-state index in [9.17, 15) is 18.0 Å². The largest absolute Gasteiger partial charge is 0.454 e. The van der Waals surface area contributed by atoms with E-state index in [-0.39, 0.29) is 18.5 Å². The molecule has 0 aliphatic carbocycles. The Bertz CT molecular complexity index is 896. The number of hydrogen-bond donors (Lipinski definition) is 2. The second-order valence-corrected chi connectivity index (χ2v) is 7.11. The fraction of sp³-hybridized carbons (Fsp3) is 0.350. The van der Waals surface area contributed by atoms with E-state index in [0.29, 0.717) is 13.1 Å². The molecule has 0 bridgehead atoms. The van der Waals surface area contributed by atoms with Gasteiger partial charge in [0.25, 0.3) is 0 Å². The van der Waals surface area contributed by atoms with Crippen LogP contribution in [0.3, 0.4) is 0 Å². The maximum atomic E-state index is 12.8. The van der Waals surface area contributed by atoms with Gasteiger partial charge in [0, 0.05) is 11.3 Å². The topological polar surface area (TPSA) is 55.2 Å². The minimum atomic E-state index is -4.44. The van der Waals surface area contributed by atoms with E-state index in [1.807, 2.05) is 18.2 Å². The zero-order valence-electron chi connectivity index (χ0n) is 15.6. The first-order valence-electron chi connectivity index (χ1n) is 9.34. The minimum Gasteiger partial charge on any atom is -0.454 e. The summed E-state index contributed by atoms with van der Waals surface area (Å²) in [5.41, 5.74) is 0.486. The van der Waals surface area contributed by atoms with Crippen LogP contribution in [0.4, 0.5) is 23.7 Å². The molecule has 0 atom stereocenters. The molecule has 0 unspecified atom stereocenters. The fourth-order valence-corrected chi connectivity index (χ4v) is 3.52. The number of urea groups is 1. The smallest absolute Gasteiger partial charge is 0.416 e. The Kier molecular flexibility index (Phi) is 5.23. The van der Waals surface area contributed by atoms with Gasteiger partial charge < -0.3 is 24.6 Å². The first-order chi connectivity index (χ1) is 13.9. The molecule has 9 heteroatoms. The molecule has 0 spiro atoms. The van der Waals surface area contributed by atoms with Gasteiger partial charge in [0.2, 0.25) is 6.79 Å². The summed E-state index contributed by atoms with van der Waals surface area (Å²) < 4.78 is 49.2. The van der Waals surface area contributed by atoms with Gasteiger partial charge >= 0.3 is 12.2 Å². The third-order valence-corrected chi connectivity index (χ3v) is 5.09. The Morgan fingerprint density at radius 1 is 1.07 bits per heavy atom. The number of nitrogens with zero attached hydrogens (tertiary/aromatic N) is 1. The van der Waals surface area contributed by atoms with Crippen LogP contribution in [-0.4, -0.2) is 43.9 Å². The van der Waals surface area contributed by atoms with E-state index in [0.717, 1.165) is 48.8 Å². The summed E-state index contributed by atoms with van der Waals surface area (Å²) in [4.78, 5) is 15.4. The maximum Gasteiger partial charge on any atom is 0.416 e. The van der Waals surface area contributed by atoms with Crippen molar-refractivity contribution in [3.8, 4) is 11.5 Å². The van der Waals surface area contributed by atoms with Crippen LogP contribution in [0.5, 0.6) is 11.5 Å². The summed E-state index contributed by atoms with van der Waals surface area (Å²) in [5, 5.41) is 2.56. The van der Waals surface area contributed by atoms with Gasteiger partial charge in [-0.3, -0.25) is 0 Å². The van der Waals surface area contributed by atoms with Crippen LogP contribution >= 0.6 is 0 Å². The molecule has 2 heterocycles. The SMILES string of the molecule is O=C(Nc1cccc(C(F)(F)F)c1)N1CC[NH+](Cc2ccc3c(c2)OCO3)CC1. The number of nitrogens with one attached hydrogen (secondary N) is 2. The molecular weight excluding hydrogens is 387 g/mol. The number of carbonyl (C=O) groups excluding carboxylic acids is 1. The van der Waals surface area contributed by atoms with Gasteiger partial charge in [-0.25, -0.2) is 4.79 Å². The number of carbonyl (C=O) groups is 1. The van der Waals surface area contributed by atoms with E-state index in [4.69, 9.17) is 9.47 Å². The van der Waals surface area contributed by atoms with E-state index in [1.165, 1.54) is 17.0 Å². The number of rotatable bonds is 3. The molecule has 2 aromatic rings. The van der Waals surface area contributed by atoms with Gasteiger partial charge in [0.05, 0.1) is 31.7 Å². The number of alkyl halides is 3. The van der Waals surface area contributed by atoms with Crippen molar-refractivity contribution in [2.45, 2.75) is 12.7 Å². The molecule has 2 aliphatic rings. The predicted molar refractivity (Wildman–Crippen MR) is 99.0 cm³/mol. The monoisotopic (exact) mass is 408 g/mol. The first-order valence-corrected chi connectivity index (χ1v) is 9.34. The Morgan fingerprint density at radius 2 is 1.83 bits per heavy atom. The Balaban J connectivity index is 1.30. The van der Waals surface area contributed by atoms with Gasteiger partial charge in [-0.1, -0.05) is 6.07 Å². The van der Waals surface area contributed by atoms with Crippen LogP contribution in [0.15, 0.2) is 42.5 Å². The normalized spacial score (nSPS) is 16.7. The molecule has 29 heavy (non-hydrogen) atoms. The predicted octanol–water partition coefficient (Wildman–Crippen LogP) is 2.37. The van der Waals surface area contributed by atoms with Crippen LogP contribution in [0.1, 0.15) is 11.1 Å². The molecule has 2 aromatic carbocycles. The minimum absolute atomic E-state index is 0.139. The molecule has 2 amide bonds. The van der Waals surface area contributed by atoms with Crippen LogP contribution in [0.2, 0.25) is 0 Å². The summed E-state index contributed by atoms with van der Waals surface area (Å²) in [6.07, 6.45) is -4.44. The Morgan fingerprint density at radius 3 is 2.59 bits per heavy atom. The molecule has 154 valence electrons. The molecule has 0 saturated carbocycles. The van der Waals surface area contributed by atoms with E-state index >= 15 is 0 Å². The standard InChI is InChI=1S/C20H20F3N3O3/c21-20(22,23)15-2-1-3-16(11-15)24-19(27)26-8-6-25(7-9-26)12-14-4-5-17-18(10-14)29-13-28-17/h1-5,10-11H,6-9,12-13H2,(H,24,27)/p+1. The molecule has 4 rings (SSSR count). The summed E-state index contributed by atoms with van der Waals surface area (Å²) in [6, 6.07) is 10.2. The third-order valence-electron chi connectivity index (χ3n) is 5.09. The third kappa shape index (κ3) is 4.56. The van der Waals surface area contributed by atoms with Crippen molar-refractivity contribution >= 4 is 11.7 Å². The number of piperazine rings is 1. The molecule has 0 aromatic heterocycles. The van der Waals surface area contributed by atoms with Crippen molar-refractivity contribution in [2.24, 2.45) is 0 Å². The van der Waals surface area contributed by atoms with Crippen molar-refractivity contribution in [1.29, 1.82) is 0 Å². The lowest BCUT2D eigenvalue weighted by Crippen LogP contribution is -3.13. The van der Waals surface area contributed by atoms with Gasteiger partial charge in [-0.2, -0.15) is 13.2 Å². The van der Waals surface area contributed by atoms with Crippen LogP contribution < -0.4 is 19.7 Å². The second-order valence-electron chi connectivity index (χ2n) is 7.11. The average molecular weight is 408 g/mol. The molecule has 2 aliphatic heterocycles. The number of halogens is 3. The lowest BCUT2D eigenvalue weighted by molar-refractivity contribution is -0.917. The highest BCUT2D eigenvalue weighted by molar-refractivity contribution is 5.89. The number of amides is 2. The van der Waals surface area contributed by atoms with Crippen LogP contribution in [-0.2, 0) is 12.7 Å². The van der Waals surface area contributed by atoms with Crippen LogP contribution in [0.25, 0.3) is 0 Å². The number of anilines is 1. The highest BCUT2D eigenvalue weighted by Crippen LogP contribution is 2.32. The highest BCUT2D eigenvalue weighted by Gasteiger charge is 2.31. The number of quaternary nitrogens is 1. The highest BCUT2D eigenvalue weighted by atomic mass is 19.4. The Hall–Kier alpha value is -2.94. The van der Waals surface area contributed by atoms with E-state index < -0.39 is 11.7 Å². The summed E-state index contributed by atoms with van der Waals surface area (Å²) in [6.45, 7) is 3.62.